The van der Waals surface area contributed by atoms with Crippen molar-refractivity contribution >= 4 is 17.3 Å². The molecule has 0 aromatic heterocycles. The van der Waals surface area contributed by atoms with Crippen LogP contribution in [-0.2, 0) is 6.42 Å². The van der Waals surface area contributed by atoms with E-state index in [0.29, 0.717) is 10.7 Å². The standard InChI is InChI=1S/C10H13ClN2/c11-9-4-7(1-2-10(9)12)3-8-5-13-6-8/h1-2,4,8,13H,3,5-6,12H2. The number of benzene rings is 1. The highest BCUT2D eigenvalue weighted by molar-refractivity contribution is 6.33. The number of hydrogen-bond donors (Lipinski definition) is 2. The van der Waals surface area contributed by atoms with Gasteiger partial charge < -0.3 is 11.1 Å². The maximum Gasteiger partial charge on any atom is 0.0638 e. The van der Waals surface area contributed by atoms with Gasteiger partial charge in [0.15, 0.2) is 0 Å². The van der Waals surface area contributed by atoms with Crippen LogP contribution in [0, 0.1) is 5.92 Å². The summed E-state index contributed by atoms with van der Waals surface area (Å²) in [5.41, 5.74) is 7.57. The van der Waals surface area contributed by atoms with Gasteiger partial charge in [-0.3, -0.25) is 0 Å². The summed E-state index contributed by atoms with van der Waals surface area (Å²) in [5, 5.41) is 3.92. The fourth-order valence-corrected chi connectivity index (χ4v) is 1.73. The predicted octanol–water partition coefficient (Wildman–Crippen LogP) is 1.68. The molecular weight excluding hydrogens is 184 g/mol. The minimum Gasteiger partial charge on any atom is -0.398 e. The van der Waals surface area contributed by atoms with Gasteiger partial charge in [-0.15, -0.1) is 0 Å². The SMILES string of the molecule is Nc1ccc(CC2CNC2)cc1Cl. The average molecular weight is 197 g/mol. The predicted molar refractivity (Wildman–Crippen MR) is 55.9 cm³/mol. The highest BCUT2D eigenvalue weighted by Gasteiger charge is 2.16. The van der Waals surface area contributed by atoms with Crippen molar-refractivity contribution in [3.8, 4) is 0 Å². The highest BCUT2D eigenvalue weighted by Crippen LogP contribution is 2.22. The summed E-state index contributed by atoms with van der Waals surface area (Å²) in [6, 6.07) is 5.90. The topological polar surface area (TPSA) is 38.0 Å². The monoisotopic (exact) mass is 196 g/mol. The first kappa shape index (κ1) is 8.85. The average Bonchev–Trinajstić information content (AvgIpc) is 2.04. The van der Waals surface area contributed by atoms with E-state index in [0.717, 1.165) is 25.4 Å². The van der Waals surface area contributed by atoms with Crippen LogP contribution >= 0.6 is 11.6 Å². The lowest BCUT2D eigenvalue weighted by Crippen LogP contribution is -2.43. The second kappa shape index (κ2) is 3.56. The third-order valence-corrected chi connectivity index (χ3v) is 2.78. The molecule has 1 aliphatic rings. The van der Waals surface area contributed by atoms with E-state index in [1.165, 1.54) is 5.56 Å². The number of anilines is 1. The Morgan fingerprint density at radius 2 is 2.23 bits per heavy atom. The van der Waals surface area contributed by atoms with Crippen LogP contribution in [0.4, 0.5) is 5.69 Å². The fraction of sp³-hybridized carbons (Fsp3) is 0.400. The molecule has 1 fully saturated rings. The van der Waals surface area contributed by atoms with E-state index >= 15 is 0 Å². The Kier molecular flexibility index (Phi) is 2.42. The van der Waals surface area contributed by atoms with Gasteiger partial charge in [-0.25, -0.2) is 0 Å². The zero-order valence-electron chi connectivity index (χ0n) is 7.39. The van der Waals surface area contributed by atoms with E-state index in [2.05, 4.69) is 11.4 Å². The van der Waals surface area contributed by atoms with Crippen LogP contribution in [0.2, 0.25) is 5.02 Å². The molecule has 0 saturated carbocycles. The van der Waals surface area contributed by atoms with Crippen molar-refractivity contribution in [1.82, 2.24) is 5.32 Å². The van der Waals surface area contributed by atoms with Crippen molar-refractivity contribution < 1.29 is 0 Å². The Balaban J connectivity index is 2.07. The number of nitrogen functional groups attached to an aromatic ring is 1. The maximum absolute atomic E-state index is 5.92. The largest absolute Gasteiger partial charge is 0.398 e. The number of hydrogen-bond acceptors (Lipinski definition) is 2. The molecule has 0 spiro atoms. The second-order valence-corrected chi connectivity index (χ2v) is 3.99. The van der Waals surface area contributed by atoms with Crippen LogP contribution in [-0.4, -0.2) is 13.1 Å². The summed E-state index contributed by atoms with van der Waals surface area (Å²) in [6.07, 6.45) is 1.10. The minimum absolute atomic E-state index is 0.664. The van der Waals surface area contributed by atoms with Crippen LogP contribution in [0.1, 0.15) is 5.56 Å². The first-order valence-electron chi connectivity index (χ1n) is 4.50. The Bertz CT molecular complexity index is 308. The number of rotatable bonds is 2. The Morgan fingerprint density at radius 1 is 1.46 bits per heavy atom. The van der Waals surface area contributed by atoms with Gasteiger partial charge in [0.05, 0.1) is 10.7 Å². The molecule has 2 rings (SSSR count). The zero-order valence-corrected chi connectivity index (χ0v) is 8.14. The van der Waals surface area contributed by atoms with E-state index in [-0.39, 0.29) is 0 Å². The molecule has 3 heteroatoms. The quantitative estimate of drug-likeness (QED) is 0.707. The van der Waals surface area contributed by atoms with Gasteiger partial charge in [0.1, 0.15) is 0 Å². The minimum atomic E-state index is 0.664. The van der Waals surface area contributed by atoms with Crippen molar-refractivity contribution in [2.24, 2.45) is 5.92 Å². The summed E-state index contributed by atoms with van der Waals surface area (Å²) in [7, 11) is 0. The number of nitrogens with one attached hydrogen (secondary N) is 1. The molecule has 1 aromatic carbocycles. The maximum atomic E-state index is 5.92. The van der Waals surface area contributed by atoms with Crippen molar-refractivity contribution in [3.63, 3.8) is 0 Å². The van der Waals surface area contributed by atoms with Gasteiger partial charge in [0.25, 0.3) is 0 Å². The van der Waals surface area contributed by atoms with Gasteiger partial charge in [-0.05, 0) is 43.1 Å². The summed E-state index contributed by atoms with van der Waals surface area (Å²) >= 11 is 5.92. The fourth-order valence-electron chi connectivity index (χ4n) is 1.52. The Labute approximate surface area is 83.1 Å². The van der Waals surface area contributed by atoms with Gasteiger partial charge in [0.2, 0.25) is 0 Å². The lowest BCUT2D eigenvalue weighted by molar-refractivity contribution is 0.346. The summed E-state index contributed by atoms with van der Waals surface area (Å²) in [5.74, 6) is 0.777. The molecule has 0 unspecified atom stereocenters. The van der Waals surface area contributed by atoms with Crippen molar-refractivity contribution in [2.45, 2.75) is 6.42 Å². The third-order valence-electron chi connectivity index (χ3n) is 2.46. The van der Waals surface area contributed by atoms with Crippen LogP contribution < -0.4 is 11.1 Å². The third kappa shape index (κ3) is 1.95. The normalized spacial score (nSPS) is 17.0. The molecule has 0 amide bonds. The molecule has 1 saturated heterocycles. The molecular formula is C10H13ClN2. The molecule has 3 N–H and O–H groups in total. The molecule has 1 heterocycles. The lowest BCUT2D eigenvalue weighted by Gasteiger charge is -2.27. The van der Waals surface area contributed by atoms with Gasteiger partial charge in [0, 0.05) is 0 Å². The lowest BCUT2D eigenvalue weighted by atomic mass is 9.94. The molecule has 13 heavy (non-hydrogen) atoms. The molecule has 2 nitrogen and oxygen atoms in total. The molecule has 0 bridgehead atoms. The molecule has 1 aromatic rings. The Morgan fingerprint density at radius 3 is 2.77 bits per heavy atom. The molecule has 0 aliphatic carbocycles. The smallest absolute Gasteiger partial charge is 0.0638 e. The molecule has 70 valence electrons. The van der Waals surface area contributed by atoms with Crippen molar-refractivity contribution in [2.75, 3.05) is 18.8 Å². The second-order valence-electron chi connectivity index (χ2n) is 3.58. The first-order valence-corrected chi connectivity index (χ1v) is 4.88. The van der Waals surface area contributed by atoms with E-state index in [9.17, 15) is 0 Å². The summed E-state index contributed by atoms with van der Waals surface area (Å²) < 4.78 is 0. The van der Waals surface area contributed by atoms with Crippen LogP contribution in [0.15, 0.2) is 18.2 Å². The van der Waals surface area contributed by atoms with Gasteiger partial charge in [-0.2, -0.15) is 0 Å². The van der Waals surface area contributed by atoms with E-state index in [1.807, 2.05) is 12.1 Å². The van der Waals surface area contributed by atoms with Crippen molar-refractivity contribution in [1.29, 1.82) is 0 Å². The van der Waals surface area contributed by atoms with E-state index in [1.54, 1.807) is 0 Å². The molecule has 1 aliphatic heterocycles. The number of nitrogens with two attached hydrogens (primary N) is 1. The molecule has 0 radical (unpaired) electrons. The van der Waals surface area contributed by atoms with E-state index < -0.39 is 0 Å². The molecule has 0 atom stereocenters. The van der Waals surface area contributed by atoms with Crippen molar-refractivity contribution in [3.05, 3.63) is 28.8 Å². The van der Waals surface area contributed by atoms with Crippen LogP contribution in [0.25, 0.3) is 0 Å². The number of halogens is 1. The van der Waals surface area contributed by atoms with Crippen LogP contribution in [0.5, 0.6) is 0 Å². The van der Waals surface area contributed by atoms with E-state index in [4.69, 9.17) is 17.3 Å². The zero-order chi connectivity index (χ0) is 9.26. The van der Waals surface area contributed by atoms with Gasteiger partial charge in [-0.1, -0.05) is 17.7 Å². The van der Waals surface area contributed by atoms with Crippen LogP contribution in [0.3, 0.4) is 0 Å². The highest BCUT2D eigenvalue weighted by atomic mass is 35.5. The summed E-state index contributed by atoms with van der Waals surface area (Å²) in [6.45, 7) is 2.25. The Hall–Kier alpha value is -0.730. The summed E-state index contributed by atoms with van der Waals surface area (Å²) in [4.78, 5) is 0. The first-order chi connectivity index (χ1) is 6.25. The van der Waals surface area contributed by atoms with Gasteiger partial charge >= 0.3 is 0 Å².